The number of aromatic hydroxyl groups is 1. The number of aromatic amines is 1. The second-order valence-electron chi connectivity index (χ2n) is 5.93. The number of aromatic nitrogens is 3. The number of fused-ring (bicyclic) bond motifs is 1. The lowest BCUT2D eigenvalue weighted by atomic mass is 10.2. The van der Waals surface area contributed by atoms with Crippen molar-refractivity contribution in [2.24, 2.45) is 0 Å². The molecule has 2 aromatic carbocycles. The fraction of sp³-hybridized carbons (Fsp3) is 0. The molecule has 0 radical (unpaired) electrons. The highest BCUT2D eigenvalue weighted by atomic mass is 35.5. The van der Waals surface area contributed by atoms with Gasteiger partial charge in [0.15, 0.2) is 0 Å². The first kappa shape index (κ1) is 17.7. The molecule has 0 aliphatic heterocycles. The van der Waals surface area contributed by atoms with Crippen LogP contribution in [0.15, 0.2) is 59.5 Å². The van der Waals surface area contributed by atoms with Gasteiger partial charge in [0.25, 0.3) is 11.5 Å². The number of amides is 1. The number of nitrogens with one attached hydrogen (secondary N) is 2. The molecular formula is C19H12ClFN4O3. The van der Waals surface area contributed by atoms with E-state index >= 15 is 0 Å². The van der Waals surface area contributed by atoms with Crippen LogP contribution in [0.3, 0.4) is 0 Å². The van der Waals surface area contributed by atoms with Crippen LogP contribution in [0.5, 0.6) is 5.75 Å². The summed E-state index contributed by atoms with van der Waals surface area (Å²) in [5.41, 5.74) is -0.168. The normalized spacial score (nSPS) is 10.9. The molecule has 0 saturated heterocycles. The summed E-state index contributed by atoms with van der Waals surface area (Å²) in [7, 11) is 0. The highest BCUT2D eigenvalue weighted by Crippen LogP contribution is 2.27. The van der Waals surface area contributed by atoms with E-state index in [1.165, 1.54) is 35.1 Å². The standard InChI is InChI=1S/C19H12ClFN4O3/c20-10-1-5-12(6-2-10)23-18(27)15-16(26)14-9-22-25(17(14)24-19(15)28)13-7-3-11(21)4-8-13/h1-9H,(H,23,27)(H2,24,26,28). The molecule has 1 amide bonds. The minimum Gasteiger partial charge on any atom is -0.506 e. The van der Waals surface area contributed by atoms with E-state index in [0.717, 1.165) is 0 Å². The van der Waals surface area contributed by atoms with Crippen molar-refractivity contribution in [2.45, 2.75) is 0 Å². The number of hydrogen-bond donors (Lipinski definition) is 3. The fourth-order valence-electron chi connectivity index (χ4n) is 2.77. The molecule has 0 bridgehead atoms. The van der Waals surface area contributed by atoms with Crippen molar-refractivity contribution in [1.82, 2.24) is 14.8 Å². The number of pyridine rings is 1. The maximum absolute atomic E-state index is 13.1. The number of nitrogens with zero attached hydrogens (tertiary/aromatic N) is 2. The first-order chi connectivity index (χ1) is 13.4. The highest BCUT2D eigenvalue weighted by molar-refractivity contribution is 6.30. The number of H-pyrrole nitrogens is 1. The average molecular weight is 399 g/mol. The lowest BCUT2D eigenvalue weighted by molar-refractivity contribution is 0.102. The van der Waals surface area contributed by atoms with Crippen molar-refractivity contribution in [1.29, 1.82) is 0 Å². The van der Waals surface area contributed by atoms with E-state index in [1.807, 2.05) is 0 Å². The fourth-order valence-corrected chi connectivity index (χ4v) is 2.90. The Labute approximate surface area is 162 Å². The van der Waals surface area contributed by atoms with E-state index in [2.05, 4.69) is 15.4 Å². The third kappa shape index (κ3) is 3.10. The smallest absolute Gasteiger partial charge is 0.266 e. The molecule has 0 spiro atoms. The predicted molar refractivity (Wildman–Crippen MR) is 103 cm³/mol. The van der Waals surface area contributed by atoms with Crippen LogP contribution < -0.4 is 10.9 Å². The van der Waals surface area contributed by atoms with E-state index in [1.54, 1.807) is 24.3 Å². The third-order valence-electron chi connectivity index (χ3n) is 4.12. The van der Waals surface area contributed by atoms with E-state index in [0.29, 0.717) is 16.4 Å². The summed E-state index contributed by atoms with van der Waals surface area (Å²) >= 11 is 5.80. The zero-order valence-electron chi connectivity index (χ0n) is 14.1. The van der Waals surface area contributed by atoms with Crippen LogP contribution in [-0.4, -0.2) is 25.8 Å². The van der Waals surface area contributed by atoms with Crippen molar-refractivity contribution in [3.8, 4) is 11.4 Å². The number of halogens is 2. The van der Waals surface area contributed by atoms with Gasteiger partial charge in [0.1, 0.15) is 22.8 Å². The Morgan fingerprint density at radius 2 is 1.82 bits per heavy atom. The zero-order chi connectivity index (χ0) is 19.8. The molecule has 4 rings (SSSR count). The number of rotatable bonds is 3. The van der Waals surface area contributed by atoms with Gasteiger partial charge >= 0.3 is 0 Å². The van der Waals surface area contributed by atoms with Crippen LogP contribution >= 0.6 is 11.6 Å². The van der Waals surface area contributed by atoms with Crippen molar-refractivity contribution < 1.29 is 14.3 Å². The topological polar surface area (TPSA) is 100 Å². The Kier molecular flexibility index (Phi) is 4.32. The van der Waals surface area contributed by atoms with Gasteiger partial charge in [0, 0.05) is 10.7 Å². The number of hydrogen-bond acceptors (Lipinski definition) is 4. The molecule has 2 heterocycles. The van der Waals surface area contributed by atoms with Gasteiger partial charge in [-0.25, -0.2) is 9.07 Å². The second-order valence-corrected chi connectivity index (χ2v) is 6.37. The van der Waals surface area contributed by atoms with Crippen LogP contribution in [-0.2, 0) is 0 Å². The van der Waals surface area contributed by atoms with Crippen molar-refractivity contribution in [2.75, 3.05) is 5.32 Å². The van der Waals surface area contributed by atoms with Gasteiger partial charge in [-0.2, -0.15) is 5.10 Å². The summed E-state index contributed by atoms with van der Waals surface area (Å²) in [5.74, 6) is -1.70. The maximum Gasteiger partial charge on any atom is 0.266 e. The molecule has 0 atom stereocenters. The van der Waals surface area contributed by atoms with Crippen LogP contribution in [0.1, 0.15) is 10.4 Å². The molecule has 28 heavy (non-hydrogen) atoms. The van der Waals surface area contributed by atoms with Crippen LogP contribution in [0.25, 0.3) is 16.7 Å². The van der Waals surface area contributed by atoms with Crippen molar-refractivity contribution >= 4 is 34.2 Å². The van der Waals surface area contributed by atoms with Crippen LogP contribution in [0.2, 0.25) is 5.02 Å². The lowest BCUT2D eigenvalue weighted by Gasteiger charge is -2.08. The van der Waals surface area contributed by atoms with E-state index in [-0.39, 0.29) is 11.0 Å². The van der Waals surface area contributed by atoms with Gasteiger partial charge in [-0.3, -0.25) is 9.59 Å². The van der Waals surface area contributed by atoms with Gasteiger partial charge in [-0.05, 0) is 48.5 Å². The minimum absolute atomic E-state index is 0.171. The van der Waals surface area contributed by atoms with Crippen molar-refractivity contribution in [3.63, 3.8) is 0 Å². The largest absolute Gasteiger partial charge is 0.506 e. The molecule has 0 unspecified atom stereocenters. The molecule has 3 N–H and O–H groups in total. The number of anilines is 1. The third-order valence-corrected chi connectivity index (χ3v) is 4.37. The summed E-state index contributed by atoms with van der Waals surface area (Å²) in [6, 6.07) is 11.7. The summed E-state index contributed by atoms with van der Waals surface area (Å²) in [6.07, 6.45) is 1.31. The van der Waals surface area contributed by atoms with Gasteiger partial charge in [-0.1, -0.05) is 11.6 Å². The molecular weight excluding hydrogens is 387 g/mol. The average Bonchev–Trinajstić information content (AvgIpc) is 3.08. The Morgan fingerprint density at radius 1 is 1.14 bits per heavy atom. The van der Waals surface area contributed by atoms with E-state index in [9.17, 15) is 19.1 Å². The molecule has 2 aromatic heterocycles. The zero-order valence-corrected chi connectivity index (χ0v) is 14.9. The van der Waals surface area contributed by atoms with E-state index < -0.39 is 28.6 Å². The van der Waals surface area contributed by atoms with Crippen LogP contribution in [0.4, 0.5) is 10.1 Å². The maximum atomic E-state index is 13.1. The molecule has 9 heteroatoms. The molecule has 0 fully saturated rings. The summed E-state index contributed by atoms with van der Waals surface area (Å²) in [5, 5.41) is 17.8. The van der Waals surface area contributed by atoms with Gasteiger partial charge in [0.05, 0.1) is 17.3 Å². The Balaban J connectivity index is 1.76. The second kappa shape index (κ2) is 6.82. The molecule has 0 saturated carbocycles. The Bertz CT molecular complexity index is 1250. The van der Waals surface area contributed by atoms with Gasteiger partial charge in [-0.15, -0.1) is 0 Å². The van der Waals surface area contributed by atoms with Gasteiger partial charge in [0.2, 0.25) is 0 Å². The number of carbonyl (C=O) groups is 1. The highest BCUT2D eigenvalue weighted by Gasteiger charge is 2.22. The molecule has 140 valence electrons. The minimum atomic E-state index is -0.791. The summed E-state index contributed by atoms with van der Waals surface area (Å²) in [4.78, 5) is 27.5. The number of benzene rings is 2. The Morgan fingerprint density at radius 3 is 2.50 bits per heavy atom. The SMILES string of the molecule is O=C(Nc1ccc(Cl)cc1)c1c(O)c2cnn(-c3ccc(F)cc3)c2[nH]c1=O. The van der Waals surface area contributed by atoms with E-state index in [4.69, 9.17) is 11.6 Å². The van der Waals surface area contributed by atoms with Crippen molar-refractivity contribution in [3.05, 3.63) is 81.5 Å². The molecule has 4 aromatic rings. The predicted octanol–water partition coefficient (Wildman–Crippen LogP) is 3.46. The Hall–Kier alpha value is -3.65. The van der Waals surface area contributed by atoms with Gasteiger partial charge < -0.3 is 15.4 Å². The lowest BCUT2D eigenvalue weighted by Crippen LogP contribution is -2.23. The summed E-state index contributed by atoms with van der Waals surface area (Å²) in [6.45, 7) is 0. The molecule has 0 aliphatic rings. The monoisotopic (exact) mass is 398 g/mol. The first-order valence-corrected chi connectivity index (χ1v) is 8.47. The first-order valence-electron chi connectivity index (χ1n) is 8.10. The number of carbonyl (C=O) groups excluding carboxylic acids is 1. The molecule has 7 nitrogen and oxygen atoms in total. The summed E-state index contributed by atoms with van der Waals surface area (Å²) < 4.78 is 14.5. The quantitative estimate of drug-likeness (QED) is 0.492. The van der Waals surface area contributed by atoms with Crippen LogP contribution in [0, 0.1) is 5.82 Å². The molecule has 0 aliphatic carbocycles.